The van der Waals surface area contributed by atoms with Gasteiger partial charge in [-0.2, -0.15) is 0 Å². The van der Waals surface area contributed by atoms with Gasteiger partial charge >= 0.3 is 5.97 Å². The third-order valence-electron chi connectivity index (χ3n) is 3.65. The van der Waals surface area contributed by atoms with E-state index in [1.165, 1.54) is 18.2 Å². The van der Waals surface area contributed by atoms with Crippen molar-refractivity contribution >= 4 is 23.3 Å². The van der Waals surface area contributed by atoms with Crippen LogP contribution in [0.3, 0.4) is 0 Å². The molecule has 3 rings (SSSR count). The second-order valence-corrected chi connectivity index (χ2v) is 5.64. The second-order valence-electron chi connectivity index (χ2n) is 5.64. The first-order chi connectivity index (χ1) is 12.5. The van der Waals surface area contributed by atoms with Crippen molar-refractivity contribution in [1.82, 2.24) is 9.97 Å². The molecule has 1 aromatic heterocycles. The molecule has 3 N–H and O–H groups in total. The van der Waals surface area contributed by atoms with Crippen LogP contribution in [0.4, 0.5) is 21.7 Å². The number of rotatable bonds is 6. The number of aromatic carboxylic acids is 1. The maximum atomic E-state index is 13.0. The Labute approximate surface area is 149 Å². The van der Waals surface area contributed by atoms with Gasteiger partial charge in [-0.05, 0) is 36.8 Å². The lowest BCUT2D eigenvalue weighted by atomic mass is 10.2. The molecular weight excluding hydrogens is 335 g/mol. The highest BCUT2D eigenvalue weighted by Gasteiger charge is 2.10. The third-order valence-corrected chi connectivity index (χ3v) is 3.65. The van der Waals surface area contributed by atoms with Crippen molar-refractivity contribution in [2.75, 3.05) is 10.6 Å². The summed E-state index contributed by atoms with van der Waals surface area (Å²) >= 11 is 0. The lowest BCUT2D eigenvalue weighted by Gasteiger charge is -2.12. The number of hydrogen-bond acceptors (Lipinski definition) is 5. The summed E-state index contributed by atoms with van der Waals surface area (Å²) in [6, 6.07) is 14.5. The van der Waals surface area contributed by atoms with Gasteiger partial charge in [-0.1, -0.05) is 24.3 Å². The number of nitrogens with one attached hydrogen (secondary N) is 2. The Morgan fingerprint density at radius 1 is 1.08 bits per heavy atom. The number of benzene rings is 2. The fraction of sp³-hybridized carbons (Fsp3) is 0.105. The molecule has 0 saturated carbocycles. The average molecular weight is 352 g/mol. The molecule has 26 heavy (non-hydrogen) atoms. The highest BCUT2D eigenvalue weighted by Crippen LogP contribution is 2.21. The SMILES string of the molecule is Cc1nc(NCc2ccc(F)cc2)cc(Nc2ccccc2C(=O)O)n1. The Kier molecular flexibility index (Phi) is 5.07. The van der Waals surface area contributed by atoms with E-state index in [4.69, 9.17) is 0 Å². The van der Waals surface area contributed by atoms with Crippen LogP contribution < -0.4 is 10.6 Å². The number of carbonyl (C=O) groups is 1. The van der Waals surface area contributed by atoms with Gasteiger partial charge in [0.1, 0.15) is 23.3 Å². The summed E-state index contributed by atoms with van der Waals surface area (Å²) in [4.78, 5) is 19.9. The molecule has 0 bridgehead atoms. The van der Waals surface area contributed by atoms with Crippen molar-refractivity contribution < 1.29 is 14.3 Å². The van der Waals surface area contributed by atoms with Crippen LogP contribution in [0, 0.1) is 12.7 Å². The number of aromatic nitrogens is 2. The molecular formula is C19H17FN4O2. The second kappa shape index (κ2) is 7.60. The van der Waals surface area contributed by atoms with Crippen molar-refractivity contribution in [2.45, 2.75) is 13.5 Å². The Morgan fingerprint density at radius 2 is 1.77 bits per heavy atom. The maximum absolute atomic E-state index is 13.0. The lowest BCUT2D eigenvalue weighted by Crippen LogP contribution is -2.07. The van der Waals surface area contributed by atoms with Gasteiger partial charge in [0.2, 0.25) is 0 Å². The van der Waals surface area contributed by atoms with Gasteiger partial charge < -0.3 is 15.7 Å². The molecule has 0 fully saturated rings. The van der Waals surface area contributed by atoms with Crippen LogP contribution in [0.25, 0.3) is 0 Å². The van der Waals surface area contributed by atoms with Crippen molar-refractivity contribution in [2.24, 2.45) is 0 Å². The molecule has 0 radical (unpaired) electrons. The molecule has 0 aliphatic carbocycles. The quantitative estimate of drug-likeness (QED) is 0.622. The molecule has 3 aromatic rings. The number of carboxylic acid groups (broad SMARTS) is 1. The molecule has 0 aliphatic heterocycles. The summed E-state index contributed by atoms with van der Waals surface area (Å²) in [5.41, 5.74) is 1.51. The van der Waals surface area contributed by atoms with E-state index in [1.54, 1.807) is 43.3 Å². The Bertz CT molecular complexity index is 929. The van der Waals surface area contributed by atoms with E-state index >= 15 is 0 Å². The van der Waals surface area contributed by atoms with Crippen LogP contribution >= 0.6 is 0 Å². The predicted molar refractivity (Wildman–Crippen MR) is 97.2 cm³/mol. The molecule has 6 nitrogen and oxygen atoms in total. The van der Waals surface area contributed by atoms with Gasteiger partial charge in [-0.3, -0.25) is 0 Å². The maximum Gasteiger partial charge on any atom is 0.337 e. The smallest absolute Gasteiger partial charge is 0.337 e. The van der Waals surface area contributed by atoms with Crippen LogP contribution in [-0.4, -0.2) is 21.0 Å². The van der Waals surface area contributed by atoms with Crippen molar-refractivity contribution in [3.05, 3.63) is 77.4 Å². The van der Waals surface area contributed by atoms with Gasteiger partial charge in [0.05, 0.1) is 11.3 Å². The molecule has 0 spiro atoms. The fourth-order valence-corrected chi connectivity index (χ4v) is 2.43. The molecule has 0 unspecified atom stereocenters. The molecule has 0 saturated heterocycles. The lowest BCUT2D eigenvalue weighted by molar-refractivity contribution is 0.0698. The minimum atomic E-state index is -1.02. The van der Waals surface area contributed by atoms with E-state index in [9.17, 15) is 14.3 Å². The predicted octanol–water partition coefficient (Wildman–Crippen LogP) is 3.98. The summed E-state index contributed by atoms with van der Waals surface area (Å²) < 4.78 is 13.0. The number of aryl methyl sites for hydroxylation is 1. The van der Waals surface area contributed by atoms with E-state index in [2.05, 4.69) is 20.6 Å². The van der Waals surface area contributed by atoms with Crippen LogP contribution in [0.1, 0.15) is 21.7 Å². The number of halogens is 1. The number of para-hydroxylation sites is 1. The zero-order valence-corrected chi connectivity index (χ0v) is 14.0. The standard InChI is InChI=1S/C19H17FN4O2/c1-12-22-17(21-11-13-6-8-14(20)9-7-13)10-18(23-12)24-16-5-3-2-4-15(16)19(25)26/h2-10H,11H2,1H3,(H,25,26)(H2,21,22,23,24). The molecule has 7 heteroatoms. The van der Waals surface area contributed by atoms with E-state index in [1.807, 2.05) is 0 Å². The van der Waals surface area contributed by atoms with Crippen molar-refractivity contribution in [3.63, 3.8) is 0 Å². The molecule has 0 aliphatic rings. The highest BCUT2D eigenvalue weighted by molar-refractivity contribution is 5.95. The van der Waals surface area contributed by atoms with Crippen LogP contribution in [0.5, 0.6) is 0 Å². The summed E-state index contributed by atoms with van der Waals surface area (Å²) in [5.74, 6) is 0.290. The summed E-state index contributed by atoms with van der Waals surface area (Å²) in [5, 5.41) is 15.4. The summed E-state index contributed by atoms with van der Waals surface area (Å²) in [6.45, 7) is 2.22. The number of hydrogen-bond donors (Lipinski definition) is 3. The fourth-order valence-electron chi connectivity index (χ4n) is 2.43. The van der Waals surface area contributed by atoms with E-state index in [0.717, 1.165) is 5.56 Å². The van der Waals surface area contributed by atoms with Crippen LogP contribution in [0.15, 0.2) is 54.6 Å². The number of anilines is 3. The van der Waals surface area contributed by atoms with Crippen molar-refractivity contribution in [3.8, 4) is 0 Å². The zero-order valence-electron chi connectivity index (χ0n) is 14.0. The van der Waals surface area contributed by atoms with Gasteiger partial charge in [-0.15, -0.1) is 0 Å². The van der Waals surface area contributed by atoms with Crippen LogP contribution in [0.2, 0.25) is 0 Å². The monoisotopic (exact) mass is 352 g/mol. The Balaban J connectivity index is 1.77. The van der Waals surface area contributed by atoms with Gasteiger partial charge in [0.25, 0.3) is 0 Å². The summed E-state index contributed by atoms with van der Waals surface area (Å²) in [7, 11) is 0. The third kappa shape index (κ3) is 4.32. The van der Waals surface area contributed by atoms with E-state index in [0.29, 0.717) is 29.7 Å². The number of nitrogens with zero attached hydrogens (tertiary/aromatic N) is 2. The molecule has 2 aromatic carbocycles. The van der Waals surface area contributed by atoms with Crippen molar-refractivity contribution in [1.29, 1.82) is 0 Å². The highest BCUT2D eigenvalue weighted by atomic mass is 19.1. The zero-order chi connectivity index (χ0) is 18.5. The molecule has 1 heterocycles. The van der Waals surface area contributed by atoms with Gasteiger partial charge in [0.15, 0.2) is 0 Å². The molecule has 0 atom stereocenters. The normalized spacial score (nSPS) is 10.4. The largest absolute Gasteiger partial charge is 0.478 e. The van der Waals surface area contributed by atoms with E-state index in [-0.39, 0.29) is 11.4 Å². The first-order valence-corrected chi connectivity index (χ1v) is 7.94. The Morgan fingerprint density at radius 3 is 2.50 bits per heavy atom. The first-order valence-electron chi connectivity index (χ1n) is 7.94. The minimum Gasteiger partial charge on any atom is -0.478 e. The number of carboxylic acids is 1. The average Bonchev–Trinajstić information content (AvgIpc) is 2.61. The van der Waals surface area contributed by atoms with Gasteiger partial charge in [-0.25, -0.2) is 19.2 Å². The van der Waals surface area contributed by atoms with Crippen LogP contribution in [-0.2, 0) is 6.54 Å². The first kappa shape index (κ1) is 17.3. The van der Waals surface area contributed by atoms with Gasteiger partial charge in [0, 0.05) is 12.6 Å². The topological polar surface area (TPSA) is 87.1 Å². The Hall–Kier alpha value is -3.48. The van der Waals surface area contributed by atoms with E-state index < -0.39 is 5.97 Å². The molecule has 132 valence electrons. The summed E-state index contributed by atoms with van der Waals surface area (Å²) in [6.07, 6.45) is 0. The minimum absolute atomic E-state index is 0.157. The molecule has 0 amide bonds.